The topological polar surface area (TPSA) is 65.9 Å². The van der Waals surface area contributed by atoms with Crippen molar-refractivity contribution in [2.45, 2.75) is 25.8 Å². The molecular weight excluding hydrogens is 400 g/mol. The Bertz CT molecular complexity index is 893. The van der Waals surface area contributed by atoms with Gasteiger partial charge in [-0.05, 0) is 36.8 Å². The second-order valence-corrected chi connectivity index (χ2v) is 8.44. The number of rotatable bonds is 6. The molecule has 30 heavy (non-hydrogen) atoms. The van der Waals surface area contributed by atoms with Crippen LogP contribution in [-0.4, -0.2) is 45.5 Å². The molecule has 1 atom stereocenters. The number of hydrogen-bond donors (Lipinski definition) is 3. The van der Waals surface area contributed by atoms with Crippen LogP contribution >= 0.6 is 11.6 Å². The van der Waals surface area contributed by atoms with Gasteiger partial charge in [-0.15, -0.1) is 0 Å². The number of amides is 2. The molecule has 2 aromatic rings. The average molecular weight is 430 g/mol. The Labute approximate surface area is 183 Å². The van der Waals surface area contributed by atoms with E-state index in [2.05, 4.69) is 39.8 Å². The normalized spacial score (nSPS) is 14.9. The number of quaternary nitrogens is 1. The first-order chi connectivity index (χ1) is 14.3. The highest BCUT2D eigenvalue weighted by molar-refractivity contribution is 6.39. The SMILES string of the molecule is Cc1ccc(NC(=O)C(=O)NC[C@H](c2ccc(N(C)C)cc2)[NH+]2CCCC2)cc1Cl. The number of anilines is 2. The van der Waals surface area contributed by atoms with Crippen molar-refractivity contribution in [1.82, 2.24) is 5.32 Å². The maximum Gasteiger partial charge on any atom is 0.313 e. The highest BCUT2D eigenvalue weighted by Gasteiger charge is 2.28. The summed E-state index contributed by atoms with van der Waals surface area (Å²) < 4.78 is 0. The molecule has 2 aromatic carbocycles. The molecular formula is C23H30ClN4O2+. The maximum absolute atomic E-state index is 12.4. The lowest BCUT2D eigenvalue weighted by Gasteiger charge is -2.25. The van der Waals surface area contributed by atoms with E-state index in [1.165, 1.54) is 23.3 Å². The van der Waals surface area contributed by atoms with Crippen LogP contribution in [0.1, 0.15) is 30.0 Å². The molecule has 0 unspecified atom stereocenters. The van der Waals surface area contributed by atoms with Gasteiger partial charge < -0.3 is 20.4 Å². The molecule has 1 saturated heterocycles. The zero-order valence-corrected chi connectivity index (χ0v) is 18.6. The van der Waals surface area contributed by atoms with Gasteiger partial charge >= 0.3 is 11.8 Å². The average Bonchev–Trinajstić information content (AvgIpc) is 3.25. The van der Waals surface area contributed by atoms with Crippen LogP contribution in [0.2, 0.25) is 5.02 Å². The van der Waals surface area contributed by atoms with Crippen LogP contribution in [0.15, 0.2) is 42.5 Å². The van der Waals surface area contributed by atoms with Gasteiger partial charge in [-0.1, -0.05) is 29.8 Å². The third-order valence-corrected chi connectivity index (χ3v) is 6.06. The molecule has 0 aromatic heterocycles. The number of aryl methyl sites for hydroxylation is 1. The smallest absolute Gasteiger partial charge is 0.313 e. The minimum atomic E-state index is -0.687. The van der Waals surface area contributed by atoms with E-state index in [0.717, 1.165) is 24.3 Å². The summed E-state index contributed by atoms with van der Waals surface area (Å²) in [5.74, 6) is -1.33. The summed E-state index contributed by atoms with van der Waals surface area (Å²) >= 11 is 6.09. The highest BCUT2D eigenvalue weighted by atomic mass is 35.5. The summed E-state index contributed by atoms with van der Waals surface area (Å²) in [4.78, 5) is 28.2. The van der Waals surface area contributed by atoms with Gasteiger partial charge in [-0.3, -0.25) is 9.59 Å². The molecule has 6 nitrogen and oxygen atoms in total. The predicted octanol–water partition coefficient (Wildman–Crippen LogP) is 2.19. The summed E-state index contributed by atoms with van der Waals surface area (Å²) in [6, 6.07) is 13.7. The van der Waals surface area contributed by atoms with Gasteiger partial charge in [-0.25, -0.2) is 0 Å². The third kappa shape index (κ3) is 5.52. The van der Waals surface area contributed by atoms with E-state index in [-0.39, 0.29) is 6.04 Å². The number of likely N-dealkylation sites (tertiary alicyclic amines) is 1. The highest BCUT2D eigenvalue weighted by Crippen LogP contribution is 2.20. The fourth-order valence-electron chi connectivity index (χ4n) is 3.81. The zero-order chi connectivity index (χ0) is 21.7. The van der Waals surface area contributed by atoms with Crippen molar-refractivity contribution < 1.29 is 14.5 Å². The standard InChI is InChI=1S/C23H29ClN4O2/c1-16-6-9-18(14-20(16)24)26-23(30)22(29)25-15-21(28-12-4-5-13-28)17-7-10-19(11-8-17)27(2)3/h6-11,14,21H,4-5,12-13,15H2,1-3H3,(H,25,29)(H,26,30)/p+1/t21-/m1/s1. The van der Waals surface area contributed by atoms with E-state index in [1.807, 2.05) is 21.0 Å². The van der Waals surface area contributed by atoms with Crippen molar-refractivity contribution in [3.8, 4) is 0 Å². The minimum absolute atomic E-state index is 0.120. The van der Waals surface area contributed by atoms with E-state index in [1.54, 1.807) is 18.2 Å². The molecule has 160 valence electrons. The molecule has 1 aliphatic rings. The molecule has 1 heterocycles. The Morgan fingerprint density at radius 2 is 1.73 bits per heavy atom. The first kappa shape index (κ1) is 22.1. The van der Waals surface area contributed by atoms with Crippen molar-refractivity contribution in [3.05, 3.63) is 58.6 Å². The van der Waals surface area contributed by atoms with E-state index in [4.69, 9.17) is 11.6 Å². The lowest BCUT2D eigenvalue weighted by molar-refractivity contribution is -0.918. The van der Waals surface area contributed by atoms with Crippen LogP contribution in [0.3, 0.4) is 0 Å². The summed E-state index contributed by atoms with van der Waals surface area (Å²) in [7, 11) is 4.02. The monoisotopic (exact) mass is 429 g/mol. The van der Waals surface area contributed by atoms with E-state index in [9.17, 15) is 9.59 Å². The van der Waals surface area contributed by atoms with Crippen molar-refractivity contribution in [1.29, 1.82) is 0 Å². The molecule has 7 heteroatoms. The van der Waals surface area contributed by atoms with Gasteiger partial charge in [0.05, 0.1) is 19.6 Å². The van der Waals surface area contributed by atoms with Crippen LogP contribution in [0.5, 0.6) is 0 Å². The first-order valence-electron chi connectivity index (χ1n) is 10.3. The predicted molar refractivity (Wildman–Crippen MR) is 121 cm³/mol. The summed E-state index contributed by atoms with van der Waals surface area (Å²) in [5, 5.41) is 5.99. The molecule has 0 saturated carbocycles. The number of carbonyl (C=O) groups excluding carboxylic acids is 2. The zero-order valence-electron chi connectivity index (χ0n) is 17.8. The van der Waals surface area contributed by atoms with Crippen molar-refractivity contribution >= 4 is 34.8 Å². The fourth-order valence-corrected chi connectivity index (χ4v) is 3.99. The Balaban J connectivity index is 1.64. The van der Waals surface area contributed by atoms with E-state index < -0.39 is 11.8 Å². The van der Waals surface area contributed by atoms with Crippen LogP contribution < -0.4 is 20.4 Å². The summed E-state index contributed by atoms with van der Waals surface area (Å²) in [6.45, 7) is 4.44. The van der Waals surface area contributed by atoms with Crippen LogP contribution in [0, 0.1) is 6.92 Å². The molecule has 0 spiro atoms. The number of carbonyl (C=O) groups is 2. The molecule has 3 N–H and O–H groups in total. The minimum Gasteiger partial charge on any atom is -0.378 e. The van der Waals surface area contributed by atoms with Gasteiger partial charge in [0.25, 0.3) is 0 Å². The van der Waals surface area contributed by atoms with Gasteiger partial charge in [0.15, 0.2) is 0 Å². The number of nitrogens with zero attached hydrogens (tertiary/aromatic N) is 1. The first-order valence-corrected chi connectivity index (χ1v) is 10.7. The van der Waals surface area contributed by atoms with Crippen LogP contribution in [0.4, 0.5) is 11.4 Å². The van der Waals surface area contributed by atoms with Crippen molar-refractivity contribution in [3.63, 3.8) is 0 Å². The van der Waals surface area contributed by atoms with E-state index >= 15 is 0 Å². The van der Waals surface area contributed by atoms with Crippen LogP contribution in [0.25, 0.3) is 0 Å². The largest absolute Gasteiger partial charge is 0.378 e. The van der Waals surface area contributed by atoms with Crippen molar-refractivity contribution in [2.24, 2.45) is 0 Å². The maximum atomic E-state index is 12.4. The lowest BCUT2D eigenvalue weighted by Crippen LogP contribution is -3.11. The Morgan fingerprint density at radius 1 is 1.07 bits per heavy atom. The molecule has 2 amide bonds. The summed E-state index contributed by atoms with van der Waals surface area (Å²) in [6.07, 6.45) is 2.37. The summed E-state index contributed by atoms with van der Waals surface area (Å²) in [5.41, 5.74) is 3.72. The Morgan fingerprint density at radius 3 is 2.33 bits per heavy atom. The fraction of sp³-hybridized carbons (Fsp3) is 0.391. The Hall–Kier alpha value is -2.57. The quantitative estimate of drug-likeness (QED) is 0.617. The van der Waals surface area contributed by atoms with Crippen LogP contribution in [-0.2, 0) is 9.59 Å². The number of nitrogens with one attached hydrogen (secondary N) is 3. The van der Waals surface area contributed by atoms with Crippen molar-refractivity contribution in [2.75, 3.05) is 43.9 Å². The molecule has 3 rings (SSSR count). The second-order valence-electron chi connectivity index (χ2n) is 8.03. The molecule has 1 aliphatic heterocycles. The third-order valence-electron chi connectivity index (χ3n) is 5.65. The van der Waals surface area contributed by atoms with Gasteiger partial charge in [0, 0.05) is 48.9 Å². The number of halogens is 1. The van der Waals surface area contributed by atoms with Gasteiger partial charge in [-0.2, -0.15) is 0 Å². The molecule has 0 bridgehead atoms. The van der Waals surface area contributed by atoms with E-state index in [0.29, 0.717) is 17.3 Å². The Kier molecular flexibility index (Phi) is 7.34. The number of hydrogen-bond acceptors (Lipinski definition) is 3. The number of benzene rings is 2. The second kappa shape index (κ2) is 9.96. The molecule has 1 fully saturated rings. The van der Waals surface area contributed by atoms with Gasteiger partial charge in [0.1, 0.15) is 6.04 Å². The van der Waals surface area contributed by atoms with Gasteiger partial charge in [0.2, 0.25) is 0 Å². The molecule has 0 radical (unpaired) electrons. The molecule has 0 aliphatic carbocycles. The lowest BCUT2D eigenvalue weighted by atomic mass is 10.0.